The zero-order valence-electron chi connectivity index (χ0n) is 16.4. The van der Waals surface area contributed by atoms with Crippen LogP contribution in [-0.4, -0.2) is 17.3 Å². The van der Waals surface area contributed by atoms with E-state index < -0.39 is 11.0 Å². The van der Waals surface area contributed by atoms with Gasteiger partial charge in [-0.15, -0.1) is 0 Å². The van der Waals surface area contributed by atoms with Gasteiger partial charge in [0.05, 0.1) is 5.60 Å². The SMILES string of the molecule is CC1C(Cc2ccc(Cl)cc2)CCC(O)(Cc2ccc(Cl)cc2Cl)C1(C)CN. The Morgan fingerprint density at radius 1 is 1.07 bits per heavy atom. The molecule has 28 heavy (non-hydrogen) atoms. The summed E-state index contributed by atoms with van der Waals surface area (Å²) in [5, 5.41) is 13.7. The molecule has 1 aliphatic carbocycles. The van der Waals surface area contributed by atoms with Crippen LogP contribution in [0.5, 0.6) is 0 Å². The molecule has 0 bridgehead atoms. The zero-order valence-corrected chi connectivity index (χ0v) is 18.7. The van der Waals surface area contributed by atoms with Crippen LogP contribution < -0.4 is 5.73 Å². The highest BCUT2D eigenvalue weighted by Gasteiger charge is 2.54. The number of aliphatic hydroxyl groups is 1. The fourth-order valence-electron chi connectivity index (χ4n) is 4.75. The Hall–Kier alpha value is -0.770. The normalized spacial score (nSPS) is 30.4. The van der Waals surface area contributed by atoms with Crippen molar-refractivity contribution in [1.29, 1.82) is 0 Å². The van der Waals surface area contributed by atoms with Crippen molar-refractivity contribution in [3.05, 3.63) is 68.7 Å². The number of hydrogen-bond acceptors (Lipinski definition) is 2. The maximum absolute atomic E-state index is 11.7. The van der Waals surface area contributed by atoms with Crippen LogP contribution in [0, 0.1) is 17.3 Å². The van der Waals surface area contributed by atoms with Gasteiger partial charge < -0.3 is 10.8 Å². The second-order valence-electron chi connectivity index (χ2n) is 8.48. The number of hydrogen-bond donors (Lipinski definition) is 2. The average Bonchev–Trinajstić information content (AvgIpc) is 2.66. The summed E-state index contributed by atoms with van der Waals surface area (Å²) >= 11 is 18.4. The fourth-order valence-corrected chi connectivity index (χ4v) is 5.35. The van der Waals surface area contributed by atoms with Gasteiger partial charge in [0.25, 0.3) is 0 Å². The van der Waals surface area contributed by atoms with Crippen molar-refractivity contribution in [2.75, 3.05) is 6.54 Å². The lowest BCUT2D eigenvalue weighted by molar-refractivity contribution is -0.144. The third-order valence-electron chi connectivity index (χ3n) is 7.04. The first kappa shape index (κ1) is 21.9. The van der Waals surface area contributed by atoms with Crippen LogP contribution in [-0.2, 0) is 12.8 Å². The van der Waals surface area contributed by atoms with Crippen LogP contribution in [0.4, 0.5) is 0 Å². The molecule has 0 spiro atoms. The fraction of sp³-hybridized carbons (Fsp3) is 0.478. The first-order valence-corrected chi connectivity index (χ1v) is 10.9. The monoisotopic (exact) mass is 439 g/mol. The summed E-state index contributed by atoms with van der Waals surface area (Å²) in [5.41, 5.74) is 7.13. The minimum Gasteiger partial charge on any atom is -0.389 e. The van der Waals surface area contributed by atoms with Crippen molar-refractivity contribution in [3.63, 3.8) is 0 Å². The highest BCUT2D eigenvalue weighted by molar-refractivity contribution is 6.35. The number of rotatable bonds is 5. The largest absolute Gasteiger partial charge is 0.389 e. The van der Waals surface area contributed by atoms with Gasteiger partial charge in [-0.2, -0.15) is 0 Å². The Morgan fingerprint density at radius 2 is 1.71 bits per heavy atom. The molecule has 2 nitrogen and oxygen atoms in total. The van der Waals surface area contributed by atoms with Gasteiger partial charge in [-0.05, 0) is 66.5 Å². The molecule has 0 radical (unpaired) electrons. The van der Waals surface area contributed by atoms with Crippen LogP contribution in [0.15, 0.2) is 42.5 Å². The molecule has 4 atom stereocenters. The molecular weight excluding hydrogens is 413 g/mol. The van der Waals surface area contributed by atoms with E-state index in [2.05, 4.69) is 26.0 Å². The average molecular weight is 441 g/mol. The van der Waals surface area contributed by atoms with Crippen LogP contribution in [0.1, 0.15) is 37.8 Å². The topological polar surface area (TPSA) is 46.2 Å². The van der Waals surface area contributed by atoms with Crippen molar-refractivity contribution < 1.29 is 5.11 Å². The number of halogens is 3. The minimum absolute atomic E-state index is 0.262. The number of nitrogens with two attached hydrogens (primary N) is 1. The Bertz CT molecular complexity index is 825. The Morgan fingerprint density at radius 3 is 2.32 bits per heavy atom. The molecule has 2 aromatic carbocycles. The Balaban J connectivity index is 1.83. The smallest absolute Gasteiger partial charge is 0.0756 e. The molecule has 0 heterocycles. The van der Waals surface area contributed by atoms with Gasteiger partial charge in [0, 0.05) is 33.4 Å². The van der Waals surface area contributed by atoms with Gasteiger partial charge in [-0.25, -0.2) is 0 Å². The van der Waals surface area contributed by atoms with E-state index in [9.17, 15) is 5.11 Å². The second-order valence-corrected chi connectivity index (χ2v) is 9.76. The van der Waals surface area contributed by atoms with E-state index in [0.717, 1.165) is 23.4 Å². The van der Waals surface area contributed by atoms with E-state index in [4.69, 9.17) is 40.5 Å². The molecule has 0 aromatic heterocycles. The molecule has 1 fully saturated rings. The third kappa shape index (κ3) is 4.22. The Kier molecular flexibility index (Phi) is 6.68. The van der Waals surface area contributed by atoms with Crippen molar-refractivity contribution in [1.82, 2.24) is 0 Å². The van der Waals surface area contributed by atoms with E-state index in [1.54, 1.807) is 6.07 Å². The van der Waals surface area contributed by atoms with E-state index in [1.165, 1.54) is 5.56 Å². The van der Waals surface area contributed by atoms with Crippen LogP contribution in [0.2, 0.25) is 15.1 Å². The van der Waals surface area contributed by atoms with Crippen LogP contribution in [0.3, 0.4) is 0 Å². The maximum atomic E-state index is 11.7. The first-order chi connectivity index (χ1) is 13.2. The number of benzene rings is 2. The lowest BCUT2D eigenvalue weighted by Gasteiger charge is -2.55. The van der Waals surface area contributed by atoms with E-state index in [1.807, 2.05) is 24.3 Å². The van der Waals surface area contributed by atoms with Crippen molar-refractivity contribution in [2.24, 2.45) is 23.0 Å². The molecule has 0 amide bonds. The zero-order chi connectivity index (χ0) is 20.5. The molecule has 2 aromatic rings. The molecular formula is C23H28Cl3NO. The van der Waals surface area contributed by atoms with Crippen molar-refractivity contribution >= 4 is 34.8 Å². The summed E-state index contributed by atoms with van der Waals surface area (Å²) < 4.78 is 0. The summed E-state index contributed by atoms with van der Waals surface area (Å²) in [6, 6.07) is 13.5. The third-order valence-corrected chi connectivity index (χ3v) is 7.88. The quantitative estimate of drug-likeness (QED) is 0.583. The summed E-state index contributed by atoms with van der Waals surface area (Å²) in [6.07, 6.45) is 3.09. The van der Waals surface area contributed by atoms with Crippen LogP contribution in [0.25, 0.3) is 0 Å². The van der Waals surface area contributed by atoms with Gasteiger partial charge in [0.15, 0.2) is 0 Å². The first-order valence-electron chi connectivity index (χ1n) is 9.79. The maximum Gasteiger partial charge on any atom is 0.0756 e. The van der Waals surface area contributed by atoms with Crippen molar-refractivity contribution in [3.8, 4) is 0 Å². The molecule has 0 saturated heterocycles. The summed E-state index contributed by atoms with van der Waals surface area (Å²) in [4.78, 5) is 0. The van der Waals surface area contributed by atoms with E-state index in [-0.39, 0.29) is 5.92 Å². The van der Waals surface area contributed by atoms with E-state index in [0.29, 0.717) is 35.3 Å². The van der Waals surface area contributed by atoms with Gasteiger partial charge in [-0.1, -0.05) is 66.8 Å². The summed E-state index contributed by atoms with van der Waals surface area (Å²) in [5.74, 6) is 0.716. The van der Waals surface area contributed by atoms with Gasteiger partial charge >= 0.3 is 0 Å². The summed E-state index contributed by atoms with van der Waals surface area (Å²) in [7, 11) is 0. The van der Waals surface area contributed by atoms with Crippen LogP contribution >= 0.6 is 34.8 Å². The van der Waals surface area contributed by atoms with Crippen molar-refractivity contribution in [2.45, 2.75) is 45.1 Å². The molecule has 5 heteroatoms. The minimum atomic E-state index is -0.908. The molecule has 0 aliphatic heterocycles. The highest BCUT2D eigenvalue weighted by atomic mass is 35.5. The second kappa shape index (κ2) is 8.53. The molecule has 1 aliphatic rings. The predicted octanol–water partition coefficient (Wildman–Crippen LogP) is 6.17. The standard InChI is InChI=1S/C23H28Cl3NO/c1-15-17(11-16-3-6-19(24)7-4-16)9-10-23(28,22(15,2)14-27)13-18-5-8-20(25)12-21(18)26/h3-8,12,15,17,28H,9-11,13-14,27H2,1-2H3. The molecule has 3 rings (SSSR count). The van der Waals surface area contributed by atoms with Gasteiger partial charge in [0.1, 0.15) is 0 Å². The highest BCUT2D eigenvalue weighted by Crippen LogP contribution is 2.52. The van der Waals surface area contributed by atoms with Gasteiger partial charge in [-0.3, -0.25) is 0 Å². The predicted molar refractivity (Wildman–Crippen MR) is 119 cm³/mol. The molecule has 3 N–H and O–H groups in total. The molecule has 4 unspecified atom stereocenters. The van der Waals surface area contributed by atoms with Gasteiger partial charge in [0.2, 0.25) is 0 Å². The molecule has 1 saturated carbocycles. The summed E-state index contributed by atoms with van der Waals surface area (Å²) in [6.45, 7) is 4.77. The molecule has 152 valence electrons. The van der Waals surface area contributed by atoms with E-state index >= 15 is 0 Å². The lowest BCUT2D eigenvalue weighted by Crippen LogP contribution is -2.60. The Labute approximate surface area is 183 Å². The lowest BCUT2D eigenvalue weighted by atomic mass is 9.53.